The summed E-state index contributed by atoms with van der Waals surface area (Å²) in [6.45, 7) is 5.11. The maximum absolute atomic E-state index is 13.8. The molecular formula is C22H23ClN4O. The van der Waals surface area contributed by atoms with Gasteiger partial charge in [0, 0.05) is 24.3 Å². The van der Waals surface area contributed by atoms with Gasteiger partial charge in [-0.15, -0.1) is 0 Å². The van der Waals surface area contributed by atoms with Gasteiger partial charge < -0.3 is 9.47 Å². The maximum Gasteiger partial charge on any atom is 0.283 e. The van der Waals surface area contributed by atoms with E-state index in [1.54, 1.807) is 11.2 Å². The van der Waals surface area contributed by atoms with Crippen LogP contribution in [0.5, 0.6) is 0 Å². The van der Waals surface area contributed by atoms with Gasteiger partial charge in [0.15, 0.2) is 11.5 Å². The number of para-hydroxylation sites is 1. The number of carbonyl (C=O) groups excluding carboxylic acids is 1. The quantitative estimate of drug-likeness (QED) is 0.574. The highest BCUT2D eigenvalue weighted by Crippen LogP contribution is 2.43. The van der Waals surface area contributed by atoms with Gasteiger partial charge in [-0.25, -0.2) is 4.98 Å². The van der Waals surface area contributed by atoms with Crippen LogP contribution in [0, 0.1) is 5.92 Å². The van der Waals surface area contributed by atoms with Gasteiger partial charge in [-0.3, -0.25) is 9.69 Å². The van der Waals surface area contributed by atoms with Crippen molar-refractivity contribution in [2.24, 2.45) is 5.92 Å². The summed E-state index contributed by atoms with van der Waals surface area (Å²) in [4.78, 5) is 22.1. The van der Waals surface area contributed by atoms with E-state index in [4.69, 9.17) is 11.6 Å². The van der Waals surface area contributed by atoms with E-state index in [-0.39, 0.29) is 5.91 Å². The Morgan fingerprint density at radius 3 is 2.54 bits per heavy atom. The highest BCUT2D eigenvalue weighted by atomic mass is 35.5. The van der Waals surface area contributed by atoms with Crippen LogP contribution in [0.1, 0.15) is 30.8 Å². The van der Waals surface area contributed by atoms with Crippen LogP contribution in [0.25, 0.3) is 0 Å². The third-order valence-corrected chi connectivity index (χ3v) is 5.28. The molecule has 3 aromatic rings. The molecule has 0 N–H and O–H groups in total. The third-order valence-electron chi connectivity index (χ3n) is 5.04. The third kappa shape index (κ3) is 3.16. The molecule has 5 nitrogen and oxygen atoms in total. The standard InChI is InChI=1S/C22H23ClN4O/c1-15(2)11-12-26-14-24-21-20(26)22(28)27(17-7-5-4-6-8-17)19-13-16(23)9-10-18(19)25(21)3/h4-10,13-15H,11-12H2,1-3H3. The zero-order valence-electron chi connectivity index (χ0n) is 16.3. The first-order valence-electron chi connectivity index (χ1n) is 9.45. The van der Waals surface area contributed by atoms with E-state index >= 15 is 0 Å². The number of amides is 1. The first-order chi connectivity index (χ1) is 13.5. The SMILES string of the molecule is CC(C)CCn1cnc2c1C(=O)N(c1ccccc1)c1cc(Cl)ccc1N2C. The van der Waals surface area contributed by atoms with Crippen LogP contribution in [0.2, 0.25) is 5.02 Å². The minimum atomic E-state index is -0.102. The van der Waals surface area contributed by atoms with Crippen molar-refractivity contribution >= 4 is 40.4 Å². The largest absolute Gasteiger partial charge is 0.326 e. The molecule has 0 spiro atoms. The molecule has 4 rings (SSSR count). The summed E-state index contributed by atoms with van der Waals surface area (Å²) in [6, 6.07) is 15.3. The van der Waals surface area contributed by atoms with Gasteiger partial charge in [-0.1, -0.05) is 43.6 Å². The lowest BCUT2D eigenvalue weighted by Gasteiger charge is -2.25. The molecule has 1 aliphatic rings. The minimum Gasteiger partial charge on any atom is -0.326 e. The Morgan fingerprint density at radius 1 is 1.07 bits per heavy atom. The number of hydrogen-bond acceptors (Lipinski definition) is 3. The van der Waals surface area contributed by atoms with Crippen molar-refractivity contribution in [3.63, 3.8) is 0 Å². The minimum absolute atomic E-state index is 0.102. The number of fused-ring (bicyclic) bond motifs is 2. The number of imidazole rings is 1. The maximum atomic E-state index is 13.8. The van der Waals surface area contributed by atoms with Crippen molar-refractivity contribution in [3.05, 3.63) is 65.6 Å². The normalized spacial score (nSPS) is 13.5. The van der Waals surface area contributed by atoms with Crippen LogP contribution in [0.3, 0.4) is 0 Å². The lowest BCUT2D eigenvalue weighted by Crippen LogP contribution is -2.27. The molecule has 2 heterocycles. The second kappa shape index (κ2) is 7.32. The topological polar surface area (TPSA) is 41.4 Å². The number of rotatable bonds is 4. The van der Waals surface area contributed by atoms with Crippen molar-refractivity contribution in [2.75, 3.05) is 16.8 Å². The highest BCUT2D eigenvalue weighted by molar-refractivity contribution is 6.31. The van der Waals surface area contributed by atoms with Gasteiger partial charge in [-0.05, 0) is 42.7 Å². The zero-order valence-corrected chi connectivity index (χ0v) is 17.0. The summed E-state index contributed by atoms with van der Waals surface area (Å²) in [5.41, 5.74) is 3.03. The Morgan fingerprint density at radius 2 is 1.82 bits per heavy atom. The van der Waals surface area contributed by atoms with Crippen LogP contribution in [0.15, 0.2) is 54.9 Å². The molecular weight excluding hydrogens is 372 g/mol. The lowest BCUT2D eigenvalue weighted by molar-refractivity contribution is 0.0991. The summed E-state index contributed by atoms with van der Waals surface area (Å²) >= 11 is 6.30. The Hall–Kier alpha value is -2.79. The van der Waals surface area contributed by atoms with Crippen molar-refractivity contribution in [3.8, 4) is 0 Å². The molecule has 1 amide bonds. The second-order valence-electron chi connectivity index (χ2n) is 7.46. The predicted octanol–water partition coefficient (Wildman–Crippen LogP) is 5.64. The molecule has 1 aromatic heterocycles. The number of carbonyl (C=O) groups is 1. The van der Waals surface area contributed by atoms with Gasteiger partial charge in [0.25, 0.3) is 5.91 Å². The van der Waals surface area contributed by atoms with Gasteiger partial charge in [0.2, 0.25) is 0 Å². The van der Waals surface area contributed by atoms with E-state index in [0.29, 0.717) is 22.5 Å². The van der Waals surface area contributed by atoms with E-state index in [2.05, 4.69) is 18.8 Å². The molecule has 1 aliphatic heterocycles. The molecule has 0 radical (unpaired) electrons. The van der Waals surface area contributed by atoms with Gasteiger partial charge in [-0.2, -0.15) is 0 Å². The van der Waals surface area contributed by atoms with E-state index in [1.807, 2.05) is 65.0 Å². The molecule has 0 aliphatic carbocycles. The first kappa shape index (κ1) is 18.6. The summed E-state index contributed by atoms with van der Waals surface area (Å²) in [5.74, 6) is 1.10. The summed E-state index contributed by atoms with van der Waals surface area (Å²) in [5, 5.41) is 0.586. The Balaban J connectivity index is 1.92. The highest BCUT2D eigenvalue weighted by Gasteiger charge is 2.34. The van der Waals surface area contributed by atoms with Crippen molar-refractivity contribution in [2.45, 2.75) is 26.8 Å². The second-order valence-corrected chi connectivity index (χ2v) is 7.90. The smallest absolute Gasteiger partial charge is 0.283 e. The molecule has 0 bridgehead atoms. The Kier molecular flexibility index (Phi) is 4.85. The van der Waals surface area contributed by atoms with Crippen molar-refractivity contribution in [1.82, 2.24) is 9.55 Å². The number of anilines is 4. The van der Waals surface area contributed by atoms with Gasteiger partial charge >= 0.3 is 0 Å². The number of aryl methyl sites for hydroxylation is 1. The average molecular weight is 395 g/mol. The van der Waals surface area contributed by atoms with Crippen LogP contribution in [-0.4, -0.2) is 22.5 Å². The molecule has 28 heavy (non-hydrogen) atoms. The Bertz CT molecular complexity index is 1010. The Labute approximate surface area is 170 Å². The molecule has 0 unspecified atom stereocenters. The fourth-order valence-electron chi connectivity index (χ4n) is 3.52. The van der Waals surface area contributed by atoms with Gasteiger partial charge in [0.1, 0.15) is 0 Å². The van der Waals surface area contributed by atoms with E-state index in [9.17, 15) is 4.79 Å². The van der Waals surface area contributed by atoms with Crippen LogP contribution in [0.4, 0.5) is 22.9 Å². The fourth-order valence-corrected chi connectivity index (χ4v) is 3.69. The number of halogens is 1. The van der Waals surface area contributed by atoms with Crippen molar-refractivity contribution < 1.29 is 4.79 Å². The zero-order chi connectivity index (χ0) is 19.8. The van der Waals surface area contributed by atoms with Crippen LogP contribution in [-0.2, 0) is 6.54 Å². The number of hydrogen-bond donors (Lipinski definition) is 0. The molecule has 0 atom stereocenters. The van der Waals surface area contributed by atoms with Crippen LogP contribution >= 0.6 is 11.6 Å². The first-order valence-corrected chi connectivity index (χ1v) is 9.83. The van der Waals surface area contributed by atoms with E-state index < -0.39 is 0 Å². The molecule has 0 saturated heterocycles. The average Bonchev–Trinajstić information content (AvgIpc) is 3.07. The molecule has 0 fully saturated rings. The monoisotopic (exact) mass is 394 g/mol. The van der Waals surface area contributed by atoms with E-state index in [1.165, 1.54) is 0 Å². The number of aromatic nitrogens is 2. The molecule has 144 valence electrons. The summed E-state index contributed by atoms with van der Waals surface area (Å²) < 4.78 is 1.97. The summed E-state index contributed by atoms with van der Waals surface area (Å²) in [7, 11) is 1.94. The van der Waals surface area contributed by atoms with Gasteiger partial charge in [0.05, 0.1) is 17.7 Å². The molecule has 0 saturated carbocycles. The van der Waals surface area contributed by atoms with Crippen LogP contribution < -0.4 is 9.80 Å². The molecule has 2 aromatic carbocycles. The molecule has 6 heteroatoms. The summed E-state index contributed by atoms with van der Waals surface area (Å²) in [6.07, 6.45) is 2.75. The number of benzene rings is 2. The lowest BCUT2D eigenvalue weighted by atomic mass is 10.1. The predicted molar refractivity (Wildman–Crippen MR) is 114 cm³/mol. The number of nitrogens with zero attached hydrogens (tertiary/aromatic N) is 4. The van der Waals surface area contributed by atoms with Crippen molar-refractivity contribution in [1.29, 1.82) is 0 Å². The van der Waals surface area contributed by atoms with E-state index in [0.717, 1.165) is 30.0 Å². The fraction of sp³-hybridized carbons (Fsp3) is 0.273.